The van der Waals surface area contributed by atoms with Crippen LogP contribution in [0.15, 0.2) is 27.8 Å². The van der Waals surface area contributed by atoms with Crippen LogP contribution in [-0.4, -0.2) is 11.7 Å². The molecule has 0 aromatic heterocycles. The summed E-state index contributed by atoms with van der Waals surface area (Å²) in [6, 6.07) is 4.97. The average molecular weight is 310 g/mol. The molecule has 1 fully saturated rings. The van der Waals surface area contributed by atoms with Crippen molar-refractivity contribution in [3.8, 4) is 0 Å². The average Bonchev–Trinajstić information content (AvgIpc) is 2.38. The number of aromatic carboxylic acids is 1. The predicted molar refractivity (Wildman–Crippen MR) is 72.6 cm³/mol. The smallest absolute Gasteiger partial charge is 0.0737 e. The Kier molecular flexibility index (Phi) is 4.36. The Hall–Kier alpha value is -1.36. The summed E-state index contributed by atoms with van der Waals surface area (Å²) in [6.45, 7) is 0. The van der Waals surface area contributed by atoms with Crippen molar-refractivity contribution in [3.05, 3.63) is 28.2 Å². The van der Waals surface area contributed by atoms with Crippen LogP contribution in [0.5, 0.6) is 0 Å². The Morgan fingerprint density at radius 3 is 2.67 bits per heavy atom. The summed E-state index contributed by atoms with van der Waals surface area (Å²) in [4.78, 5) is 11.0. The minimum atomic E-state index is -1.21. The van der Waals surface area contributed by atoms with E-state index in [-0.39, 0.29) is 5.56 Å². The Labute approximate surface area is 114 Å². The highest BCUT2D eigenvalue weighted by atomic mass is 79.9. The molecule has 4 nitrogen and oxygen atoms in total. The largest absolute Gasteiger partial charge is 0.545 e. The normalized spacial score (nSPS) is 15.3. The van der Waals surface area contributed by atoms with Crippen molar-refractivity contribution in [2.45, 2.75) is 32.1 Å². The van der Waals surface area contributed by atoms with Gasteiger partial charge < -0.3 is 9.90 Å². The van der Waals surface area contributed by atoms with E-state index in [1.165, 1.54) is 12.5 Å². The van der Waals surface area contributed by atoms with Gasteiger partial charge in [-0.15, -0.1) is 0 Å². The molecule has 1 aliphatic carbocycles. The minimum Gasteiger partial charge on any atom is -0.545 e. The van der Waals surface area contributed by atoms with Gasteiger partial charge in [-0.25, -0.2) is 0 Å². The van der Waals surface area contributed by atoms with Crippen LogP contribution in [-0.2, 0) is 0 Å². The second-order valence-electron chi connectivity index (χ2n) is 4.33. The van der Waals surface area contributed by atoms with Gasteiger partial charge in [0.1, 0.15) is 0 Å². The zero-order valence-corrected chi connectivity index (χ0v) is 11.5. The lowest BCUT2D eigenvalue weighted by atomic mass is 9.99. The third-order valence-electron chi connectivity index (χ3n) is 2.97. The van der Waals surface area contributed by atoms with Crippen molar-refractivity contribution in [2.24, 2.45) is 5.10 Å². The molecule has 18 heavy (non-hydrogen) atoms. The number of hydrazone groups is 1. The number of nitrogens with zero attached hydrogens (tertiary/aromatic N) is 1. The Bertz CT molecular complexity index is 478. The zero-order chi connectivity index (χ0) is 13.0. The molecular weight excluding hydrogens is 296 g/mol. The molecule has 1 aromatic carbocycles. The number of anilines is 1. The molecule has 0 saturated heterocycles. The van der Waals surface area contributed by atoms with Crippen molar-refractivity contribution in [2.75, 3.05) is 5.43 Å². The highest BCUT2D eigenvalue weighted by molar-refractivity contribution is 9.10. The predicted octanol–water partition coefficient (Wildman–Crippen LogP) is 2.54. The first-order chi connectivity index (χ1) is 8.66. The van der Waals surface area contributed by atoms with Crippen LogP contribution in [0.1, 0.15) is 42.5 Å². The molecule has 0 radical (unpaired) electrons. The number of rotatable bonds is 3. The lowest BCUT2D eigenvalue weighted by Gasteiger charge is -2.14. The van der Waals surface area contributed by atoms with E-state index in [0.29, 0.717) is 10.2 Å². The SMILES string of the molecule is O=C([O-])c1cc(Br)ccc1NN=C1CCCCC1. The van der Waals surface area contributed by atoms with Gasteiger partial charge in [0.15, 0.2) is 0 Å². The van der Waals surface area contributed by atoms with Crippen LogP contribution in [0, 0.1) is 0 Å². The first-order valence-corrected chi connectivity index (χ1v) is 6.78. The van der Waals surface area contributed by atoms with Crippen molar-refractivity contribution in [1.29, 1.82) is 0 Å². The Morgan fingerprint density at radius 2 is 2.00 bits per heavy atom. The highest BCUT2D eigenvalue weighted by Gasteiger charge is 2.08. The Balaban J connectivity index is 2.15. The molecule has 96 valence electrons. The fourth-order valence-corrected chi connectivity index (χ4v) is 2.35. The summed E-state index contributed by atoms with van der Waals surface area (Å²) in [5.41, 5.74) is 4.53. The van der Waals surface area contributed by atoms with Gasteiger partial charge in [0, 0.05) is 15.7 Å². The molecule has 2 rings (SSSR count). The van der Waals surface area contributed by atoms with Crippen LogP contribution in [0.3, 0.4) is 0 Å². The molecule has 0 bridgehead atoms. The third kappa shape index (κ3) is 3.32. The fourth-order valence-electron chi connectivity index (χ4n) is 1.99. The quantitative estimate of drug-likeness (QED) is 0.873. The molecule has 0 aliphatic heterocycles. The maximum Gasteiger partial charge on any atom is 0.0737 e. The van der Waals surface area contributed by atoms with Crippen molar-refractivity contribution in [3.63, 3.8) is 0 Å². The molecule has 1 aromatic rings. The van der Waals surface area contributed by atoms with Gasteiger partial charge in [-0.3, -0.25) is 5.43 Å². The first-order valence-electron chi connectivity index (χ1n) is 5.99. The number of benzene rings is 1. The van der Waals surface area contributed by atoms with Crippen LogP contribution >= 0.6 is 15.9 Å². The number of carbonyl (C=O) groups is 1. The number of nitrogens with one attached hydrogen (secondary N) is 1. The molecule has 0 atom stereocenters. The number of hydrogen-bond acceptors (Lipinski definition) is 4. The van der Waals surface area contributed by atoms with E-state index >= 15 is 0 Å². The van der Waals surface area contributed by atoms with E-state index in [9.17, 15) is 9.90 Å². The topological polar surface area (TPSA) is 64.5 Å². The molecule has 1 N–H and O–H groups in total. The fraction of sp³-hybridized carbons (Fsp3) is 0.385. The van der Waals surface area contributed by atoms with Gasteiger partial charge >= 0.3 is 0 Å². The second kappa shape index (κ2) is 6.00. The number of carboxylic acids is 1. The van der Waals surface area contributed by atoms with Crippen molar-refractivity contribution >= 4 is 33.3 Å². The van der Waals surface area contributed by atoms with Crippen molar-refractivity contribution < 1.29 is 9.90 Å². The first kappa shape index (κ1) is 13.1. The number of carboxylic acid groups (broad SMARTS) is 1. The molecule has 1 saturated carbocycles. The summed E-state index contributed by atoms with van der Waals surface area (Å²) >= 11 is 3.24. The summed E-state index contributed by atoms with van der Waals surface area (Å²) < 4.78 is 0.706. The third-order valence-corrected chi connectivity index (χ3v) is 3.46. The van der Waals surface area contributed by atoms with Gasteiger partial charge in [-0.05, 0) is 43.9 Å². The van der Waals surface area contributed by atoms with Gasteiger partial charge in [0.2, 0.25) is 0 Å². The second-order valence-corrected chi connectivity index (χ2v) is 5.24. The van der Waals surface area contributed by atoms with Crippen LogP contribution < -0.4 is 10.5 Å². The van der Waals surface area contributed by atoms with E-state index < -0.39 is 5.97 Å². The maximum absolute atomic E-state index is 11.0. The molecule has 0 unspecified atom stereocenters. The monoisotopic (exact) mass is 309 g/mol. The summed E-state index contributed by atoms with van der Waals surface area (Å²) in [6.07, 6.45) is 5.55. The highest BCUT2D eigenvalue weighted by Crippen LogP contribution is 2.21. The van der Waals surface area contributed by atoms with Crippen LogP contribution in [0.2, 0.25) is 0 Å². The molecule has 5 heteroatoms. The van der Waals surface area contributed by atoms with E-state index in [1.54, 1.807) is 12.1 Å². The van der Waals surface area contributed by atoms with Gasteiger partial charge in [0.25, 0.3) is 0 Å². The number of carbonyl (C=O) groups excluding carboxylic acids is 1. The van der Waals surface area contributed by atoms with Gasteiger partial charge in [0.05, 0.1) is 11.7 Å². The minimum absolute atomic E-state index is 0.115. The van der Waals surface area contributed by atoms with Crippen LogP contribution in [0.4, 0.5) is 5.69 Å². The van der Waals surface area contributed by atoms with E-state index in [1.807, 2.05) is 0 Å². The number of halogens is 1. The molecule has 0 spiro atoms. The lowest BCUT2D eigenvalue weighted by molar-refractivity contribution is -0.254. The lowest BCUT2D eigenvalue weighted by Crippen LogP contribution is -2.23. The summed E-state index contributed by atoms with van der Waals surface area (Å²) in [5.74, 6) is -1.21. The van der Waals surface area contributed by atoms with Gasteiger partial charge in [-0.1, -0.05) is 22.4 Å². The Morgan fingerprint density at radius 1 is 1.28 bits per heavy atom. The maximum atomic E-state index is 11.0. The standard InChI is InChI=1S/C13H15BrN2O2/c14-9-6-7-12(11(8-9)13(17)18)16-15-10-4-2-1-3-5-10/h6-8,16H,1-5H2,(H,17,18)/p-1. The summed E-state index contributed by atoms with van der Waals surface area (Å²) in [7, 11) is 0. The van der Waals surface area contributed by atoms with E-state index in [2.05, 4.69) is 26.5 Å². The zero-order valence-electron chi connectivity index (χ0n) is 9.91. The number of hydrogen-bond donors (Lipinski definition) is 1. The summed E-state index contributed by atoms with van der Waals surface area (Å²) in [5, 5.41) is 15.3. The van der Waals surface area contributed by atoms with E-state index in [4.69, 9.17) is 0 Å². The molecule has 0 heterocycles. The van der Waals surface area contributed by atoms with E-state index in [0.717, 1.165) is 31.4 Å². The van der Waals surface area contributed by atoms with Crippen molar-refractivity contribution in [1.82, 2.24) is 0 Å². The molecule has 0 amide bonds. The van der Waals surface area contributed by atoms with Crippen LogP contribution in [0.25, 0.3) is 0 Å². The molecule has 1 aliphatic rings. The molecular formula is C13H14BrN2O2-. The van der Waals surface area contributed by atoms with Gasteiger partial charge in [-0.2, -0.15) is 5.10 Å².